The summed E-state index contributed by atoms with van der Waals surface area (Å²) in [5, 5.41) is 4.25. The minimum atomic E-state index is -3.75. The number of carbonyl (C=O) groups excluding carboxylic acids is 1. The molecule has 1 heterocycles. The first-order valence-corrected chi connectivity index (χ1v) is 10.5. The summed E-state index contributed by atoms with van der Waals surface area (Å²) in [7, 11) is -2.38. The highest BCUT2D eigenvalue weighted by atomic mass is 35.5. The van der Waals surface area contributed by atoms with Crippen molar-refractivity contribution in [1.82, 2.24) is 14.6 Å². The van der Waals surface area contributed by atoms with Crippen molar-refractivity contribution in [3.05, 3.63) is 71.4 Å². The molecule has 0 bridgehead atoms. The van der Waals surface area contributed by atoms with Crippen LogP contribution in [0.5, 0.6) is 0 Å². The maximum Gasteiger partial charge on any atom is 0.243 e. The zero-order chi connectivity index (χ0) is 20.1. The second kappa shape index (κ2) is 8.68. The lowest BCUT2D eigenvalue weighted by Crippen LogP contribution is -2.39. The third-order valence-corrected chi connectivity index (χ3v) is 6.39. The lowest BCUT2D eigenvalue weighted by Gasteiger charge is -2.17. The molecule has 0 aliphatic heterocycles. The van der Waals surface area contributed by atoms with E-state index in [1.165, 1.54) is 31.3 Å². The first-order chi connectivity index (χ1) is 13.4. The number of hydrogen-bond donors (Lipinski definition) is 1. The van der Waals surface area contributed by atoms with Gasteiger partial charge in [-0.15, -0.1) is 0 Å². The summed E-state index contributed by atoms with van der Waals surface area (Å²) in [4.78, 5) is 16.7. The molecule has 3 aromatic rings. The Balaban J connectivity index is 1.57. The fraction of sp³-hybridized carbons (Fsp3) is 0.200. The number of nitrogens with zero attached hydrogens (tertiary/aromatic N) is 2. The molecule has 0 aliphatic rings. The van der Waals surface area contributed by atoms with Crippen molar-refractivity contribution < 1.29 is 13.2 Å². The van der Waals surface area contributed by atoms with E-state index in [2.05, 4.69) is 10.3 Å². The first-order valence-electron chi connectivity index (χ1n) is 8.69. The average molecular weight is 418 g/mol. The molecule has 1 amide bonds. The summed E-state index contributed by atoms with van der Waals surface area (Å²) in [5.41, 5.74) is 1.93. The molecule has 0 saturated carbocycles. The van der Waals surface area contributed by atoms with E-state index in [4.69, 9.17) is 11.6 Å². The van der Waals surface area contributed by atoms with Crippen LogP contribution in [-0.4, -0.2) is 43.8 Å². The van der Waals surface area contributed by atoms with Crippen LogP contribution in [0.4, 0.5) is 0 Å². The van der Waals surface area contributed by atoms with Crippen LogP contribution in [0.15, 0.2) is 65.7 Å². The van der Waals surface area contributed by atoms with Crippen molar-refractivity contribution in [3.63, 3.8) is 0 Å². The number of rotatable bonds is 7. The molecule has 28 heavy (non-hydrogen) atoms. The number of carbonyl (C=O) groups is 1. The van der Waals surface area contributed by atoms with E-state index in [0.717, 1.165) is 20.8 Å². The van der Waals surface area contributed by atoms with Crippen molar-refractivity contribution in [1.29, 1.82) is 0 Å². The Morgan fingerprint density at radius 1 is 1.11 bits per heavy atom. The van der Waals surface area contributed by atoms with E-state index in [1.54, 1.807) is 6.20 Å². The van der Waals surface area contributed by atoms with Crippen LogP contribution in [0, 0.1) is 0 Å². The van der Waals surface area contributed by atoms with Crippen LogP contribution >= 0.6 is 11.6 Å². The summed E-state index contributed by atoms with van der Waals surface area (Å²) in [6.45, 7) is 0.127. The number of benzene rings is 2. The van der Waals surface area contributed by atoms with Crippen LogP contribution in [0.25, 0.3) is 10.9 Å². The summed E-state index contributed by atoms with van der Waals surface area (Å²) < 4.78 is 26.0. The number of aromatic nitrogens is 1. The number of nitrogens with one attached hydrogen (secondary N) is 1. The van der Waals surface area contributed by atoms with Crippen molar-refractivity contribution >= 4 is 38.4 Å². The number of pyridine rings is 1. The Hall–Kier alpha value is -2.48. The Morgan fingerprint density at radius 2 is 1.82 bits per heavy atom. The molecule has 6 nitrogen and oxygen atoms in total. The van der Waals surface area contributed by atoms with Gasteiger partial charge < -0.3 is 5.32 Å². The SMILES string of the molecule is CN(CC(=O)NCCc1cccc2cccnc12)S(=O)(=O)c1ccc(Cl)cc1. The number of likely N-dealkylation sites (N-methyl/N-ethyl adjacent to an activating group) is 1. The highest BCUT2D eigenvalue weighted by Crippen LogP contribution is 2.18. The average Bonchev–Trinajstić information content (AvgIpc) is 2.68. The van der Waals surface area contributed by atoms with Gasteiger partial charge in [-0.1, -0.05) is 35.9 Å². The molecule has 0 aliphatic carbocycles. The number of amides is 1. The molecule has 2 aromatic carbocycles. The van der Waals surface area contributed by atoms with Gasteiger partial charge in [0, 0.05) is 30.2 Å². The Bertz CT molecular complexity index is 1080. The van der Waals surface area contributed by atoms with Gasteiger partial charge in [0.1, 0.15) is 0 Å². The zero-order valence-electron chi connectivity index (χ0n) is 15.3. The van der Waals surface area contributed by atoms with Gasteiger partial charge in [-0.3, -0.25) is 9.78 Å². The van der Waals surface area contributed by atoms with E-state index in [1.807, 2.05) is 30.3 Å². The van der Waals surface area contributed by atoms with Gasteiger partial charge in [0.05, 0.1) is 17.0 Å². The molecule has 3 rings (SSSR count). The Morgan fingerprint density at radius 3 is 2.57 bits per heavy atom. The summed E-state index contributed by atoms with van der Waals surface area (Å²) in [6, 6.07) is 15.6. The fourth-order valence-electron chi connectivity index (χ4n) is 2.84. The minimum Gasteiger partial charge on any atom is -0.355 e. The number of halogens is 1. The molecule has 146 valence electrons. The van der Waals surface area contributed by atoms with Gasteiger partial charge in [-0.25, -0.2) is 8.42 Å². The van der Waals surface area contributed by atoms with E-state index < -0.39 is 10.0 Å². The standard InChI is InChI=1S/C20H20ClN3O3S/c1-24(28(26,27)18-9-7-17(21)8-10-18)14-19(25)22-13-11-16-5-2-4-15-6-3-12-23-20(15)16/h2-10,12H,11,13-14H2,1H3,(H,22,25). The second-order valence-electron chi connectivity index (χ2n) is 6.31. The van der Waals surface area contributed by atoms with E-state index in [-0.39, 0.29) is 17.3 Å². The fourth-order valence-corrected chi connectivity index (χ4v) is 4.09. The minimum absolute atomic E-state index is 0.0917. The predicted octanol–water partition coefficient (Wildman–Crippen LogP) is 2.87. The van der Waals surface area contributed by atoms with Crippen LogP contribution < -0.4 is 5.32 Å². The zero-order valence-corrected chi connectivity index (χ0v) is 16.9. The van der Waals surface area contributed by atoms with E-state index in [0.29, 0.717) is 18.0 Å². The molecule has 1 N–H and O–H groups in total. The number of hydrogen-bond acceptors (Lipinski definition) is 4. The molecule has 0 radical (unpaired) electrons. The molecule has 0 spiro atoms. The van der Waals surface area contributed by atoms with E-state index in [9.17, 15) is 13.2 Å². The molecule has 1 aromatic heterocycles. The van der Waals surface area contributed by atoms with E-state index >= 15 is 0 Å². The van der Waals surface area contributed by atoms with Gasteiger partial charge in [-0.05, 0) is 42.3 Å². The summed E-state index contributed by atoms with van der Waals surface area (Å²) in [5.74, 6) is -0.367. The highest BCUT2D eigenvalue weighted by molar-refractivity contribution is 7.89. The maximum absolute atomic E-state index is 12.5. The Kier molecular flexibility index (Phi) is 6.28. The van der Waals surface area contributed by atoms with Crippen LogP contribution in [-0.2, 0) is 21.2 Å². The molecular weight excluding hydrogens is 398 g/mol. The molecule has 0 saturated heterocycles. The van der Waals surface area contributed by atoms with Crippen molar-refractivity contribution in [3.8, 4) is 0 Å². The number of para-hydroxylation sites is 1. The van der Waals surface area contributed by atoms with Crippen molar-refractivity contribution in [2.75, 3.05) is 20.1 Å². The largest absolute Gasteiger partial charge is 0.355 e. The second-order valence-corrected chi connectivity index (χ2v) is 8.79. The molecule has 8 heteroatoms. The van der Waals surface area contributed by atoms with Gasteiger partial charge in [-0.2, -0.15) is 4.31 Å². The van der Waals surface area contributed by atoms with Gasteiger partial charge >= 0.3 is 0 Å². The smallest absolute Gasteiger partial charge is 0.243 e. The topological polar surface area (TPSA) is 79.4 Å². The Labute approximate surface area is 169 Å². The molecule has 0 fully saturated rings. The maximum atomic E-state index is 12.5. The predicted molar refractivity (Wildman–Crippen MR) is 110 cm³/mol. The normalized spacial score (nSPS) is 11.7. The third kappa shape index (κ3) is 4.67. The van der Waals surface area contributed by atoms with Gasteiger partial charge in [0.15, 0.2) is 0 Å². The number of fused-ring (bicyclic) bond motifs is 1. The van der Waals surface area contributed by atoms with Crippen molar-refractivity contribution in [2.45, 2.75) is 11.3 Å². The lowest BCUT2D eigenvalue weighted by atomic mass is 10.1. The summed E-state index contributed by atoms with van der Waals surface area (Å²) in [6.07, 6.45) is 2.34. The summed E-state index contributed by atoms with van der Waals surface area (Å²) >= 11 is 5.79. The van der Waals surface area contributed by atoms with Gasteiger partial charge in [0.2, 0.25) is 15.9 Å². The number of sulfonamides is 1. The monoisotopic (exact) mass is 417 g/mol. The molecule has 0 unspecified atom stereocenters. The molecule has 0 atom stereocenters. The third-order valence-electron chi connectivity index (χ3n) is 4.32. The van der Waals surface area contributed by atoms with Crippen molar-refractivity contribution in [2.24, 2.45) is 0 Å². The lowest BCUT2D eigenvalue weighted by molar-refractivity contribution is -0.121. The molecular formula is C20H20ClN3O3S. The first kappa shape index (κ1) is 20.3. The van der Waals surface area contributed by atoms with Crippen LogP contribution in [0.2, 0.25) is 5.02 Å². The van der Waals surface area contributed by atoms with Crippen LogP contribution in [0.3, 0.4) is 0 Å². The highest BCUT2D eigenvalue weighted by Gasteiger charge is 2.22. The quantitative estimate of drug-likeness (QED) is 0.641. The van der Waals surface area contributed by atoms with Gasteiger partial charge in [0.25, 0.3) is 0 Å². The van der Waals surface area contributed by atoms with Crippen LogP contribution in [0.1, 0.15) is 5.56 Å².